The maximum Gasteiger partial charge on any atom is 0.111 e. The molecule has 1 saturated carbocycles. The molecule has 0 saturated heterocycles. The van der Waals surface area contributed by atoms with Crippen LogP contribution in [0, 0.1) is 5.92 Å². The third-order valence-corrected chi connectivity index (χ3v) is 4.42. The molecule has 0 radical (unpaired) electrons. The minimum absolute atomic E-state index is 0.546. The lowest BCUT2D eigenvalue weighted by Crippen LogP contribution is -2.24. The molecule has 2 nitrogen and oxygen atoms in total. The third kappa shape index (κ3) is 1.93. The standard InChI is InChI=1S/C15H19ClN2/c1-11(12-5-4-6-12)18-14-8-3-2-7-13(14)17-15(18)9-10-16/h2-3,7-8,11-12H,4-6,9-10H2,1H3. The number of hydrogen-bond acceptors (Lipinski definition) is 1. The highest BCUT2D eigenvalue weighted by atomic mass is 35.5. The van der Waals surface area contributed by atoms with Gasteiger partial charge in [-0.25, -0.2) is 4.98 Å². The number of halogens is 1. The predicted molar refractivity (Wildman–Crippen MR) is 76.2 cm³/mol. The van der Waals surface area contributed by atoms with Crippen LogP contribution < -0.4 is 0 Å². The van der Waals surface area contributed by atoms with Crippen LogP contribution in [0.4, 0.5) is 0 Å². The molecule has 3 rings (SSSR count). The fraction of sp³-hybridized carbons (Fsp3) is 0.533. The Labute approximate surface area is 113 Å². The Balaban J connectivity index is 2.07. The van der Waals surface area contributed by atoms with Crippen LogP contribution >= 0.6 is 11.6 Å². The summed E-state index contributed by atoms with van der Waals surface area (Å²) in [5.74, 6) is 2.60. The lowest BCUT2D eigenvalue weighted by atomic mass is 9.80. The number of benzene rings is 1. The molecule has 0 N–H and O–H groups in total. The Kier molecular flexibility index (Phi) is 3.29. The molecule has 96 valence electrons. The second-order valence-electron chi connectivity index (χ2n) is 5.26. The van der Waals surface area contributed by atoms with Crippen LogP contribution in [0.1, 0.15) is 38.1 Å². The van der Waals surface area contributed by atoms with E-state index in [1.165, 1.54) is 24.8 Å². The van der Waals surface area contributed by atoms with E-state index < -0.39 is 0 Å². The number of hydrogen-bond donors (Lipinski definition) is 0. The molecule has 1 aromatic carbocycles. The number of rotatable bonds is 4. The van der Waals surface area contributed by atoms with E-state index in [4.69, 9.17) is 16.6 Å². The van der Waals surface area contributed by atoms with Crippen molar-refractivity contribution in [2.45, 2.75) is 38.6 Å². The first-order valence-corrected chi connectivity index (χ1v) is 7.36. The molecule has 2 aromatic rings. The topological polar surface area (TPSA) is 17.8 Å². The van der Waals surface area contributed by atoms with Crippen molar-refractivity contribution in [2.75, 3.05) is 5.88 Å². The van der Waals surface area contributed by atoms with Crippen LogP contribution in [0.25, 0.3) is 11.0 Å². The number of nitrogens with zero attached hydrogens (tertiary/aromatic N) is 2. The van der Waals surface area contributed by atoms with E-state index in [0.29, 0.717) is 11.9 Å². The zero-order valence-corrected chi connectivity index (χ0v) is 11.5. The number of aryl methyl sites for hydroxylation is 1. The van der Waals surface area contributed by atoms with E-state index in [-0.39, 0.29) is 0 Å². The maximum atomic E-state index is 5.91. The van der Waals surface area contributed by atoms with E-state index >= 15 is 0 Å². The Morgan fingerprint density at radius 3 is 2.83 bits per heavy atom. The van der Waals surface area contributed by atoms with Crippen molar-refractivity contribution in [2.24, 2.45) is 5.92 Å². The smallest absolute Gasteiger partial charge is 0.111 e. The largest absolute Gasteiger partial charge is 0.325 e. The molecule has 1 aliphatic rings. The summed E-state index contributed by atoms with van der Waals surface area (Å²) in [7, 11) is 0. The van der Waals surface area contributed by atoms with E-state index in [9.17, 15) is 0 Å². The van der Waals surface area contributed by atoms with Gasteiger partial charge in [0.1, 0.15) is 5.82 Å². The van der Waals surface area contributed by atoms with Crippen LogP contribution in [0.2, 0.25) is 0 Å². The summed E-state index contributed by atoms with van der Waals surface area (Å²) >= 11 is 5.91. The number of aromatic nitrogens is 2. The summed E-state index contributed by atoms with van der Waals surface area (Å²) in [5, 5.41) is 0. The van der Waals surface area contributed by atoms with Crippen molar-refractivity contribution < 1.29 is 0 Å². The average molecular weight is 263 g/mol. The first-order valence-electron chi connectivity index (χ1n) is 6.83. The second-order valence-corrected chi connectivity index (χ2v) is 5.64. The molecule has 1 fully saturated rings. The molecular weight excluding hydrogens is 244 g/mol. The Bertz CT molecular complexity index is 542. The SMILES string of the molecule is CC(C1CCC1)n1c(CCCl)nc2ccccc21. The van der Waals surface area contributed by atoms with Gasteiger partial charge in [0.25, 0.3) is 0 Å². The molecule has 1 atom stereocenters. The van der Waals surface area contributed by atoms with Crippen LogP contribution in [-0.2, 0) is 6.42 Å². The fourth-order valence-corrected chi connectivity index (χ4v) is 3.11. The van der Waals surface area contributed by atoms with Gasteiger partial charge in [-0.1, -0.05) is 18.6 Å². The Morgan fingerprint density at radius 1 is 1.39 bits per heavy atom. The fourth-order valence-electron chi connectivity index (χ4n) is 2.94. The van der Waals surface area contributed by atoms with Gasteiger partial charge in [-0.05, 0) is 37.8 Å². The summed E-state index contributed by atoms with van der Waals surface area (Å²) in [6.07, 6.45) is 4.95. The molecule has 0 aliphatic heterocycles. The van der Waals surface area contributed by atoms with Crippen LogP contribution in [0.3, 0.4) is 0 Å². The first-order chi connectivity index (χ1) is 8.81. The Morgan fingerprint density at radius 2 is 2.17 bits per heavy atom. The summed E-state index contributed by atoms with van der Waals surface area (Å²) in [4.78, 5) is 4.74. The highest BCUT2D eigenvalue weighted by molar-refractivity contribution is 6.17. The summed E-state index contributed by atoms with van der Waals surface area (Å²) in [5.41, 5.74) is 2.36. The van der Waals surface area contributed by atoms with Gasteiger partial charge in [-0.15, -0.1) is 11.6 Å². The number of alkyl halides is 1. The van der Waals surface area contributed by atoms with E-state index in [1.54, 1.807) is 0 Å². The molecule has 1 heterocycles. The minimum Gasteiger partial charge on any atom is -0.325 e. The zero-order chi connectivity index (χ0) is 12.5. The van der Waals surface area contributed by atoms with Gasteiger partial charge in [0.15, 0.2) is 0 Å². The lowest BCUT2D eigenvalue weighted by Gasteiger charge is -2.33. The molecule has 0 bridgehead atoms. The van der Waals surface area contributed by atoms with Gasteiger partial charge < -0.3 is 4.57 Å². The highest BCUT2D eigenvalue weighted by Crippen LogP contribution is 2.38. The van der Waals surface area contributed by atoms with E-state index in [2.05, 4.69) is 35.8 Å². The third-order valence-electron chi connectivity index (χ3n) is 4.23. The lowest BCUT2D eigenvalue weighted by molar-refractivity contribution is 0.223. The molecule has 3 heteroatoms. The number of para-hydroxylation sites is 2. The molecule has 1 unspecified atom stereocenters. The van der Waals surface area contributed by atoms with Crippen molar-refractivity contribution in [1.82, 2.24) is 9.55 Å². The second kappa shape index (κ2) is 4.93. The van der Waals surface area contributed by atoms with Gasteiger partial charge in [-0.2, -0.15) is 0 Å². The van der Waals surface area contributed by atoms with Crippen LogP contribution in [0.15, 0.2) is 24.3 Å². The number of imidazole rings is 1. The van der Waals surface area contributed by atoms with E-state index in [0.717, 1.165) is 23.7 Å². The monoisotopic (exact) mass is 262 g/mol. The zero-order valence-electron chi connectivity index (χ0n) is 10.8. The van der Waals surface area contributed by atoms with Crippen molar-refractivity contribution in [1.29, 1.82) is 0 Å². The molecule has 1 aliphatic carbocycles. The summed E-state index contributed by atoms with van der Waals surface area (Å²) in [6.45, 7) is 2.33. The minimum atomic E-state index is 0.546. The quantitative estimate of drug-likeness (QED) is 0.756. The van der Waals surface area contributed by atoms with Crippen LogP contribution in [0.5, 0.6) is 0 Å². The normalized spacial score (nSPS) is 17.9. The molecule has 18 heavy (non-hydrogen) atoms. The van der Waals surface area contributed by atoms with Gasteiger partial charge in [-0.3, -0.25) is 0 Å². The first kappa shape index (κ1) is 12.0. The molecule has 0 amide bonds. The number of fused-ring (bicyclic) bond motifs is 1. The Hall–Kier alpha value is -1.02. The molecule has 0 spiro atoms. The van der Waals surface area contributed by atoms with Gasteiger partial charge in [0.2, 0.25) is 0 Å². The van der Waals surface area contributed by atoms with Gasteiger partial charge >= 0.3 is 0 Å². The van der Waals surface area contributed by atoms with Gasteiger partial charge in [0.05, 0.1) is 11.0 Å². The average Bonchev–Trinajstić information content (AvgIpc) is 2.65. The summed E-state index contributed by atoms with van der Waals surface area (Å²) < 4.78 is 2.42. The van der Waals surface area contributed by atoms with Gasteiger partial charge in [0, 0.05) is 18.3 Å². The molecular formula is C15H19ClN2. The maximum absolute atomic E-state index is 5.91. The van der Waals surface area contributed by atoms with Crippen molar-refractivity contribution in [3.05, 3.63) is 30.1 Å². The van der Waals surface area contributed by atoms with E-state index in [1.807, 2.05) is 0 Å². The van der Waals surface area contributed by atoms with Crippen molar-refractivity contribution >= 4 is 22.6 Å². The molecule has 1 aromatic heterocycles. The highest BCUT2D eigenvalue weighted by Gasteiger charge is 2.27. The van der Waals surface area contributed by atoms with Crippen LogP contribution in [-0.4, -0.2) is 15.4 Å². The summed E-state index contributed by atoms with van der Waals surface area (Å²) in [6, 6.07) is 8.97. The van der Waals surface area contributed by atoms with Crippen molar-refractivity contribution in [3.8, 4) is 0 Å². The predicted octanol–water partition coefficient (Wildman–Crippen LogP) is 4.18. The van der Waals surface area contributed by atoms with Crippen molar-refractivity contribution in [3.63, 3.8) is 0 Å².